The molecule has 2 atom stereocenters. The first kappa shape index (κ1) is 14.0. The Balaban J connectivity index is 2.08. The fourth-order valence-electron chi connectivity index (χ4n) is 1.61. The largest absolute Gasteiger partial charge is 0.491 e. The normalized spacial score (nSPS) is 14.3. The van der Waals surface area contributed by atoms with Gasteiger partial charge in [-0.25, -0.2) is 0 Å². The molecule has 3 heteroatoms. The summed E-state index contributed by atoms with van der Waals surface area (Å²) in [6.45, 7) is 5.48. The second-order valence-corrected chi connectivity index (χ2v) is 4.27. The molecular weight excluding hydrogens is 214 g/mol. The van der Waals surface area contributed by atoms with Crippen molar-refractivity contribution in [2.45, 2.75) is 32.4 Å². The lowest BCUT2D eigenvalue weighted by atomic mass is 10.1. The van der Waals surface area contributed by atoms with Crippen LogP contribution in [0.4, 0.5) is 0 Å². The molecule has 0 radical (unpaired) electrons. The maximum atomic E-state index is 5.67. The van der Waals surface area contributed by atoms with Gasteiger partial charge >= 0.3 is 0 Å². The molecule has 1 rings (SSSR count). The highest BCUT2D eigenvalue weighted by Gasteiger charge is 2.06. The fourth-order valence-corrected chi connectivity index (χ4v) is 1.61. The number of benzene rings is 1. The lowest BCUT2D eigenvalue weighted by Crippen LogP contribution is -2.27. The Bertz CT molecular complexity index is 290. The Labute approximate surface area is 104 Å². The molecule has 2 unspecified atom stereocenters. The van der Waals surface area contributed by atoms with Gasteiger partial charge < -0.3 is 14.8 Å². The second-order valence-electron chi connectivity index (χ2n) is 4.27. The van der Waals surface area contributed by atoms with Crippen LogP contribution in [0.15, 0.2) is 30.3 Å². The molecule has 0 spiro atoms. The molecule has 0 bridgehead atoms. The van der Waals surface area contributed by atoms with E-state index in [-0.39, 0.29) is 6.10 Å². The van der Waals surface area contributed by atoms with E-state index in [2.05, 4.69) is 19.2 Å². The molecule has 3 nitrogen and oxygen atoms in total. The third-order valence-electron chi connectivity index (χ3n) is 2.68. The van der Waals surface area contributed by atoms with Crippen LogP contribution >= 0.6 is 0 Å². The van der Waals surface area contributed by atoms with Gasteiger partial charge in [0.05, 0.1) is 12.7 Å². The number of rotatable bonds is 8. The number of hydrogen-bond acceptors (Lipinski definition) is 3. The van der Waals surface area contributed by atoms with E-state index >= 15 is 0 Å². The summed E-state index contributed by atoms with van der Waals surface area (Å²) in [5.41, 5.74) is 0. The predicted octanol–water partition coefficient (Wildman–Crippen LogP) is 2.47. The molecule has 0 aliphatic carbocycles. The average molecular weight is 237 g/mol. The van der Waals surface area contributed by atoms with Crippen molar-refractivity contribution in [3.05, 3.63) is 30.3 Å². The standard InChI is InChI=1S/C14H23NO2/c1-12(15-3)11-13(2)16-9-10-17-14-7-5-4-6-8-14/h4-8,12-13,15H,9-11H2,1-3H3. The van der Waals surface area contributed by atoms with Crippen LogP contribution in [0.2, 0.25) is 0 Å². The summed E-state index contributed by atoms with van der Waals surface area (Å²) in [7, 11) is 1.97. The number of hydrogen-bond donors (Lipinski definition) is 1. The lowest BCUT2D eigenvalue weighted by Gasteiger charge is -2.17. The van der Waals surface area contributed by atoms with Gasteiger partial charge in [0.25, 0.3) is 0 Å². The Morgan fingerprint density at radius 3 is 2.47 bits per heavy atom. The molecule has 0 heterocycles. The van der Waals surface area contributed by atoms with E-state index in [1.807, 2.05) is 37.4 Å². The van der Waals surface area contributed by atoms with Crippen molar-refractivity contribution in [1.29, 1.82) is 0 Å². The first-order valence-corrected chi connectivity index (χ1v) is 6.19. The molecule has 0 fully saturated rings. The number of para-hydroxylation sites is 1. The first-order chi connectivity index (χ1) is 8.22. The molecule has 17 heavy (non-hydrogen) atoms. The van der Waals surface area contributed by atoms with E-state index in [0.717, 1.165) is 12.2 Å². The molecule has 1 N–H and O–H groups in total. The minimum atomic E-state index is 0.261. The minimum absolute atomic E-state index is 0.261. The van der Waals surface area contributed by atoms with Gasteiger partial charge in [0.15, 0.2) is 0 Å². The van der Waals surface area contributed by atoms with E-state index in [1.165, 1.54) is 0 Å². The zero-order valence-electron chi connectivity index (χ0n) is 11.0. The monoisotopic (exact) mass is 237 g/mol. The molecule has 0 aromatic heterocycles. The molecule has 96 valence electrons. The van der Waals surface area contributed by atoms with Crippen LogP contribution in [-0.2, 0) is 4.74 Å². The van der Waals surface area contributed by atoms with Gasteiger partial charge in [0, 0.05) is 6.04 Å². The first-order valence-electron chi connectivity index (χ1n) is 6.19. The zero-order valence-corrected chi connectivity index (χ0v) is 11.0. The summed E-state index contributed by atoms with van der Waals surface area (Å²) >= 11 is 0. The number of ether oxygens (including phenoxy) is 2. The summed E-state index contributed by atoms with van der Waals surface area (Å²) in [5, 5.41) is 3.20. The maximum Gasteiger partial charge on any atom is 0.119 e. The van der Waals surface area contributed by atoms with Crippen molar-refractivity contribution >= 4 is 0 Å². The van der Waals surface area contributed by atoms with Crippen molar-refractivity contribution in [2.75, 3.05) is 20.3 Å². The molecule has 0 aliphatic rings. The maximum absolute atomic E-state index is 5.67. The van der Waals surface area contributed by atoms with Crippen LogP contribution in [0.25, 0.3) is 0 Å². The average Bonchev–Trinajstić information content (AvgIpc) is 2.36. The molecule has 0 saturated carbocycles. The van der Waals surface area contributed by atoms with Crippen molar-refractivity contribution in [3.8, 4) is 5.75 Å². The highest BCUT2D eigenvalue weighted by molar-refractivity contribution is 5.20. The zero-order chi connectivity index (χ0) is 12.5. The van der Waals surface area contributed by atoms with Crippen molar-refractivity contribution in [3.63, 3.8) is 0 Å². The van der Waals surface area contributed by atoms with E-state index < -0.39 is 0 Å². The van der Waals surface area contributed by atoms with Gasteiger partial charge in [0.2, 0.25) is 0 Å². The summed E-state index contributed by atoms with van der Waals surface area (Å²) < 4.78 is 11.2. The highest BCUT2D eigenvalue weighted by Crippen LogP contribution is 2.08. The van der Waals surface area contributed by atoms with E-state index in [4.69, 9.17) is 9.47 Å². The van der Waals surface area contributed by atoms with E-state index in [9.17, 15) is 0 Å². The highest BCUT2D eigenvalue weighted by atomic mass is 16.5. The smallest absolute Gasteiger partial charge is 0.119 e. The van der Waals surface area contributed by atoms with Crippen molar-refractivity contribution in [1.82, 2.24) is 5.32 Å². The van der Waals surface area contributed by atoms with Gasteiger partial charge in [-0.2, -0.15) is 0 Å². The summed E-state index contributed by atoms with van der Waals surface area (Å²) in [6, 6.07) is 10.3. The van der Waals surface area contributed by atoms with Gasteiger partial charge in [-0.05, 0) is 39.4 Å². The summed E-state index contributed by atoms with van der Waals surface area (Å²) in [5.74, 6) is 0.896. The molecule has 0 aliphatic heterocycles. The number of nitrogens with one attached hydrogen (secondary N) is 1. The summed E-state index contributed by atoms with van der Waals surface area (Å²) in [6.07, 6.45) is 1.28. The molecule has 1 aromatic rings. The summed E-state index contributed by atoms with van der Waals surface area (Å²) in [4.78, 5) is 0. The van der Waals surface area contributed by atoms with E-state index in [1.54, 1.807) is 0 Å². The molecule has 0 amide bonds. The van der Waals surface area contributed by atoms with Gasteiger partial charge in [0.1, 0.15) is 12.4 Å². The van der Waals surface area contributed by atoms with Crippen LogP contribution in [-0.4, -0.2) is 32.4 Å². The third kappa shape index (κ3) is 6.29. The minimum Gasteiger partial charge on any atom is -0.491 e. The second kappa shape index (κ2) is 8.09. The quantitative estimate of drug-likeness (QED) is 0.705. The fraction of sp³-hybridized carbons (Fsp3) is 0.571. The van der Waals surface area contributed by atoms with Crippen LogP contribution in [0.5, 0.6) is 5.75 Å². The lowest BCUT2D eigenvalue weighted by molar-refractivity contribution is 0.0355. The topological polar surface area (TPSA) is 30.5 Å². The Kier molecular flexibility index (Phi) is 6.67. The Morgan fingerprint density at radius 2 is 1.82 bits per heavy atom. The van der Waals surface area contributed by atoms with Crippen LogP contribution in [0.3, 0.4) is 0 Å². The van der Waals surface area contributed by atoms with Crippen LogP contribution in [0.1, 0.15) is 20.3 Å². The van der Waals surface area contributed by atoms with Gasteiger partial charge in [-0.15, -0.1) is 0 Å². The molecule has 1 aromatic carbocycles. The van der Waals surface area contributed by atoms with Gasteiger partial charge in [-0.1, -0.05) is 18.2 Å². The van der Waals surface area contributed by atoms with Crippen LogP contribution < -0.4 is 10.1 Å². The van der Waals surface area contributed by atoms with Crippen molar-refractivity contribution < 1.29 is 9.47 Å². The van der Waals surface area contributed by atoms with Crippen LogP contribution in [0, 0.1) is 0 Å². The molecule has 0 saturated heterocycles. The third-order valence-corrected chi connectivity index (χ3v) is 2.68. The predicted molar refractivity (Wildman–Crippen MR) is 70.5 cm³/mol. The SMILES string of the molecule is CNC(C)CC(C)OCCOc1ccccc1. The molecular formula is C14H23NO2. The van der Waals surface area contributed by atoms with Gasteiger partial charge in [-0.3, -0.25) is 0 Å². The van der Waals surface area contributed by atoms with Crippen molar-refractivity contribution in [2.24, 2.45) is 0 Å². The Hall–Kier alpha value is -1.06. The van der Waals surface area contributed by atoms with E-state index in [0.29, 0.717) is 19.3 Å². The Morgan fingerprint density at radius 1 is 1.12 bits per heavy atom.